The third-order valence-electron chi connectivity index (χ3n) is 6.32. The maximum absolute atomic E-state index is 12.9. The first-order valence-corrected chi connectivity index (χ1v) is 9.53. The second-order valence-electron chi connectivity index (χ2n) is 8.09. The number of nitrogens with one attached hydrogen (secondary N) is 1. The van der Waals surface area contributed by atoms with E-state index in [1.54, 1.807) is 7.05 Å². The topological polar surface area (TPSA) is 61.9 Å². The lowest BCUT2D eigenvalue weighted by Gasteiger charge is -2.38. The van der Waals surface area contributed by atoms with Crippen LogP contribution in [-0.2, 0) is 4.74 Å². The summed E-state index contributed by atoms with van der Waals surface area (Å²) < 4.78 is 4.72. The monoisotopic (exact) mass is 357 g/mol. The quantitative estimate of drug-likeness (QED) is 0.872. The SMILES string of the molecule is COC(=O)N(C)c1ccc(NC(=O)N2CC3CC4CC(C3)CC2C4)cc1. The molecule has 1 aromatic rings. The smallest absolute Gasteiger partial charge is 0.413 e. The minimum absolute atomic E-state index is 0.0114. The fourth-order valence-corrected chi connectivity index (χ4v) is 5.24. The Morgan fingerprint density at radius 2 is 1.65 bits per heavy atom. The van der Waals surface area contributed by atoms with Gasteiger partial charge < -0.3 is 15.0 Å². The van der Waals surface area contributed by atoms with Crippen molar-refractivity contribution in [1.29, 1.82) is 0 Å². The van der Waals surface area contributed by atoms with E-state index in [0.717, 1.165) is 29.8 Å². The van der Waals surface area contributed by atoms with Crippen LogP contribution in [0.5, 0.6) is 0 Å². The van der Waals surface area contributed by atoms with E-state index in [0.29, 0.717) is 12.0 Å². The van der Waals surface area contributed by atoms with Crippen molar-refractivity contribution in [3.8, 4) is 0 Å². The van der Waals surface area contributed by atoms with Crippen LogP contribution in [0.4, 0.5) is 21.0 Å². The van der Waals surface area contributed by atoms with Crippen LogP contribution in [0.3, 0.4) is 0 Å². The zero-order chi connectivity index (χ0) is 18.3. The Morgan fingerprint density at radius 1 is 1.04 bits per heavy atom. The maximum Gasteiger partial charge on any atom is 0.413 e. The molecule has 6 nitrogen and oxygen atoms in total. The summed E-state index contributed by atoms with van der Waals surface area (Å²) in [6.07, 6.45) is 5.89. The average molecular weight is 357 g/mol. The molecule has 0 radical (unpaired) electrons. The Balaban J connectivity index is 1.42. The van der Waals surface area contributed by atoms with E-state index in [-0.39, 0.29) is 6.03 Å². The first-order valence-electron chi connectivity index (χ1n) is 9.53. The van der Waals surface area contributed by atoms with Crippen LogP contribution < -0.4 is 10.2 Å². The van der Waals surface area contributed by atoms with Crippen molar-refractivity contribution in [2.75, 3.05) is 30.9 Å². The molecule has 140 valence electrons. The first-order chi connectivity index (χ1) is 12.5. The number of anilines is 2. The van der Waals surface area contributed by atoms with Gasteiger partial charge in [-0.25, -0.2) is 9.59 Å². The van der Waals surface area contributed by atoms with E-state index >= 15 is 0 Å². The Hall–Kier alpha value is -2.24. The van der Waals surface area contributed by atoms with Gasteiger partial charge in [-0.3, -0.25) is 4.90 Å². The van der Waals surface area contributed by atoms with Crippen LogP contribution >= 0.6 is 0 Å². The third kappa shape index (κ3) is 3.24. The number of methoxy groups -OCH3 is 1. The third-order valence-corrected chi connectivity index (χ3v) is 6.32. The molecule has 2 saturated heterocycles. The van der Waals surface area contributed by atoms with Crippen LogP contribution in [0.25, 0.3) is 0 Å². The number of rotatable bonds is 2. The summed E-state index contributed by atoms with van der Waals surface area (Å²) in [4.78, 5) is 28.0. The van der Waals surface area contributed by atoms with E-state index < -0.39 is 6.09 Å². The fraction of sp³-hybridized carbons (Fsp3) is 0.600. The summed E-state index contributed by atoms with van der Waals surface area (Å²) in [6, 6.07) is 7.68. The van der Waals surface area contributed by atoms with Crippen molar-refractivity contribution in [3.05, 3.63) is 24.3 Å². The van der Waals surface area contributed by atoms with E-state index in [1.807, 2.05) is 24.3 Å². The second kappa shape index (κ2) is 6.82. The Bertz CT molecular complexity index is 676. The molecule has 2 saturated carbocycles. The van der Waals surface area contributed by atoms with Gasteiger partial charge in [0.2, 0.25) is 0 Å². The van der Waals surface area contributed by atoms with Gasteiger partial charge >= 0.3 is 12.1 Å². The number of carbonyl (C=O) groups is 2. The first kappa shape index (κ1) is 17.2. The molecule has 0 spiro atoms. The number of hydrogen-bond acceptors (Lipinski definition) is 3. The number of ether oxygens (including phenoxy) is 1. The molecule has 4 aliphatic rings. The summed E-state index contributed by atoms with van der Waals surface area (Å²) in [5.74, 6) is 2.32. The fourth-order valence-electron chi connectivity index (χ4n) is 5.24. The second-order valence-corrected chi connectivity index (χ2v) is 8.09. The molecule has 2 aliphatic carbocycles. The van der Waals surface area contributed by atoms with Crippen molar-refractivity contribution in [3.63, 3.8) is 0 Å². The lowest BCUT2D eigenvalue weighted by Crippen LogP contribution is -2.44. The molecule has 2 aliphatic heterocycles. The Morgan fingerprint density at radius 3 is 2.27 bits per heavy atom. The lowest BCUT2D eigenvalue weighted by atomic mass is 9.68. The number of urea groups is 1. The molecule has 5 rings (SSSR count). The van der Waals surface area contributed by atoms with Gasteiger partial charge in [0.1, 0.15) is 0 Å². The van der Waals surface area contributed by atoms with Gasteiger partial charge in [-0.05, 0) is 74.1 Å². The molecule has 4 fully saturated rings. The molecular weight excluding hydrogens is 330 g/mol. The predicted molar refractivity (Wildman–Crippen MR) is 100 cm³/mol. The van der Waals surface area contributed by atoms with Gasteiger partial charge in [0.05, 0.1) is 7.11 Å². The summed E-state index contributed by atoms with van der Waals surface area (Å²) in [6.45, 7) is 0.895. The van der Waals surface area contributed by atoms with Gasteiger partial charge in [0, 0.05) is 31.0 Å². The Labute approximate surface area is 154 Å². The standard InChI is InChI=1S/C20H27N3O3/c1-22(20(25)26-2)17-5-3-16(4-6-17)21-19(24)23-12-15-8-13-7-14(9-15)11-18(23)10-13/h3-6,13-15,18H,7-12H2,1-2H3,(H,21,24). The van der Waals surface area contributed by atoms with E-state index in [9.17, 15) is 9.59 Å². The summed E-state index contributed by atoms with van der Waals surface area (Å²) >= 11 is 0. The normalized spacial score (nSPS) is 29.2. The minimum Gasteiger partial charge on any atom is -0.452 e. The average Bonchev–Trinajstić information content (AvgIpc) is 2.84. The molecule has 2 atom stereocenters. The summed E-state index contributed by atoms with van der Waals surface area (Å²) in [5, 5.41) is 3.04. The maximum atomic E-state index is 12.9. The molecular formula is C20H27N3O3. The van der Waals surface area contributed by atoms with E-state index in [2.05, 4.69) is 10.2 Å². The number of amides is 3. The van der Waals surface area contributed by atoms with Crippen molar-refractivity contribution < 1.29 is 14.3 Å². The zero-order valence-corrected chi connectivity index (χ0v) is 15.5. The van der Waals surface area contributed by atoms with Crippen molar-refractivity contribution >= 4 is 23.5 Å². The van der Waals surface area contributed by atoms with Gasteiger partial charge in [-0.1, -0.05) is 0 Å². The lowest BCUT2D eigenvalue weighted by molar-refractivity contribution is 0.136. The van der Waals surface area contributed by atoms with Crippen LogP contribution in [-0.4, -0.2) is 43.8 Å². The minimum atomic E-state index is -0.419. The zero-order valence-electron chi connectivity index (χ0n) is 15.5. The molecule has 2 heterocycles. The molecule has 2 unspecified atom stereocenters. The van der Waals surface area contributed by atoms with Gasteiger partial charge in [-0.2, -0.15) is 0 Å². The summed E-state index contributed by atoms with van der Waals surface area (Å²) in [5.41, 5.74) is 1.47. The summed E-state index contributed by atoms with van der Waals surface area (Å²) in [7, 11) is 3.01. The van der Waals surface area contributed by atoms with E-state index in [4.69, 9.17) is 4.74 Å². The van der Waals surface area contributed by atoms with Crippen LogP contribution in [0, 0.1) is 17.8 Å². The number of benzene rings is 1. The highest BCUT2D eigenvalue weighted by molar-refractivity contribution is 5.91. The molecule has 4 bridgehead atoms. The molecule has 1 N–H and O–H groups in total. The van der Waals surface area contributed by atoms with E-state index in [1.165, 1.54) is 44.1 Å². The van der Waals surface area contributed by atoms with Crippen molar-refractivity contribution in [1.82, 2.24) is 4.90 Å². The molecule has 26 heavy (non-hydrogen) atoms. The number of carbonyl (C=O) groups excluding carboxylic acids is 2. The van der Waals surface area contributed by atoms with Crippen LogP contribution in [0.1, 0.15) is 32.1 Å². The highest BCUT2D eigenvalue weighted by atomic mass is 16.5. The molecule has 1 aromatic carbocycles. The largest absolute Gasteiger partial charge is 0.452 e. The molecule has 3 amide bonds. The highest BCUT2D eigenvalue weighted by Gasteiger charge is 2.44. The van der Waals surface area contributed by atoms with Crippen LogP contribution in [0.2, 0.25) is 0 Å². The Kier molecular flexibility index (Phi) is 4.51. The van der Waals surface area contributed by atoms with Crippen molar-refractivity contribution in [2.45, 2.75) is 38.1 Å². The number of hydrogen-bond donors (Lipinski definition) is 1. The van der Waals surface area contributed by atoms with Gasteiger partial charge in [-0.15, -0.1) is 0 Å². The van der Waals surface area contributed by atoms with Gasteiger partial charge in [0.25, 0.3) is 0 Å². The molecule has 0 aromatic heterocycles. The van der Waals surface area contributed by atoms with Crippen molar-refractivity contribution in [2.24, 2.45) is 17.8 Å². The highest BCUT2D eigenvalue weighted by Crippen LogP contribution is 2.47. The number of fused-ring (bicyclic) bond motifs is 1. The van der Waals surface area contributed by atoms with Gasteiger partial charge in [0.15, 0.2) is 0 Å². The molecule has 6 heteroatoms. The predicted octanol–water partition coefficient (Wildman–Crippen LogP) is 3.93. The number of nitrogens with zero attached hydrogens (tertiary/aromatic N) is 2. The van der Waals surface area contributed by atoms with Crippen LogP contribution in [0.15, 0.2) is 24.3 Å².